The van der Waals surface area contributed by atoms with Gasteiger partial charge in [0.1, 0.15) is 11.3 Å². The number of hydrogen-bond donors (Lipinski definition) is 1. The molecule has 3 heterocycles. The summed E-state index contributed by atoms with van der Waals surface area (Å²) < 4.78 is 13.3. The molecule has 1 aliphatic heterocycles. The van der Waals surface area contributed by atoms with Crippen molar-refractivity contribution in [3.8, 4) is 0 Å². The lowest BCUT2D eigenvalue weighted by Gasteiger charge is -2.11. The normalized spacial score (nSPS) is 17.1. The summed E-state index contributed by atoms with van der Waals surface area (Å²) in [7, 11) is 0. The van der Waals surface area contributed by atoms with Crippen LogP contribution in [0.5, 0.6) is 0 Å². The maximum absolute atomic E-state index is 12.7. The van der Waals surface area contributed by atoms with Crippen LogP contribution < -0.4 is 5.32 Å². The zero-order chi connectivity index (χ0) is 18.1. The van der Waals surface area contributed by atoms with E-state index >= 15 is 0 Å². The Morgan fingerprint density at radius 2 is 2.23 bits per heavy atom. The molecule has 1 fully saturated rings. The summed E-state index contributed by atoms with van der Waals surface area (Å²) in [5.74, 6) is 0.813. The Bertz CT molecular complexity index is 935. The zero-order valence-corrected chi connectivity index (χ0v) is 15.1. The maximum atomic E-state index is 12.7. The highest BCUT2D eigenvalue weighted by Gasteiger charge is 2.22. The van der Waals surface area contributed by atoms with E-state index in [2.05, 4.69) is 10.4 Å². The van der Waals surface area contributed by atoms with Gasteiger partial charge >= 0.3 is 0 Å². The summed E-state index contributed by atoms with van der Waals surface area (Å²) in [6.07, 6.45) is 3.73. The predicted molar refractivity (Wildman–Crippen MR) is 99.4 cm³/mol. The lowest BCUT2D eigenvalue weighted by Crippen LogP contribution is -2.16. The minimum absolute atomic E-state index is 0.0587. The molecule has 1 saturated heterocycles. The molecule has 1 atom stereocenters. The first-order valence-electron chi connectivity index (χ1n) is 9.08. The van der Waals surface area contributed by atoms with Crippen LogP contribution in [0.4, 0.5) is 5.69 Å². The lowest BCUT2D eigenvalue weighted by molar-refractivity contribution is -0.115. The van der Waals surface area contributed by atoms with Crippen LogP contribution in [0.25, 0.3) is 11.0 Å². The van der Waals surface area contributed by atoms with Crippen LogP contribution in [0.1, 0.15) is 36.4 Å². The molecule has 1 aliphatic rings. The minimum atomic E-state index is -0.0587. The summed E-state index contributed by atoms with van der Waals surface area (Å²) in [6.45, 7) is 5.46. The molecule has 6 nitrogen and oxygen atoms in total. The highest BCUT2D eigenvalue weighted by molar-refractivity contribution is 5.96. The van der Waals surface area contributed by atoms with Crippen molar-refractivity contribution in [2.24, 2.45) is 0 Å². The van der Waals surface area contributed by atoms with Crippen molar-refractivity contribution in [3.05, 3.63) is 47.5 Å². The molecule has 1 unspecified atom stereocenters. The van der Waals surface area contributed by atoms with Crippen molar-refractivity contribution < 1.29 is 13.9 Å². The minimum Gasteiger partial charge on any atom is -0.461 e. The molecule has 3 aromatic rings. The van der Waals surface area contributed by atoms with E-state index in [9.17, 15) is 4.79 Å². The fourth-order valence-electron chi connectivity index (χ4n) is 3.61. The number of furan rings is 1. The number of benzene rings is 1. The van der Waals surface area contributed by atoms with E-state index in [1.54, 1.807) is 6.20 Å². The number of fused-ring (bicyclic) bond motifs is 1. The number of nitrogens with one attached hydrogen (secondary N) is 1. The summed E-state index contributed by atoms with van der Waals surface area (Å²) in [5, 5.41) is 8.45. The second kappa shape index (κ2) is 6.96. The highest BCUT2D eigenvalue weighted by atomic mass is 16.5. The number of nitrogens with zero attached hydrogens (tertiary/aromatic N) is 2. The summed E-state index contributed by atoms with van der Waals surface area (Å²) in [6, 6.07) is 8.11. The molecule has 2 aromatic heterocycles. The number of para-hydroxylation sites is 1. The monoisotopic (exact) mass is 353 g/mol. The second-order valence-electron chi connectivity index (χ2n) is 6.68. The van der Waals surface area contributed by atoms with Gasteiger partial charge in [0.2, 0.25) is 5.91 Å². The number of carbonyl (C=O) groups is 1. The highest BCUT2D eigenvalue weighted by Crippen LogP contribution is 2.28. The van der Waals surface area contributed by atoms with E-state index in [4.69, 9.17) is 9.15 Å². The molecular weight excluding hydrogens is 330 g/mol. The van der Waals surface area contributed by atoms with E-state index < -0.39 is 0 Å². The van der Waals surface area contributed by atoms with Crippen LogP contribution in [-0.4, -0.2) is 28.9 Å². The summed E-state index contributed by atoms with van der Waals surface area (Å²) in [5.41, 5.74) is 3.52. The van der Waals surface area contributed by atoms with Crippen LogP contribution in [-0.2, 0) is 22.4 Å². The zero-order valence-electron chi connectivity index (χ0n) is 15.1. The Hall–Kier alpha value is -2.60. The van der Waals surface area contributed by atoms with Crippen molar-refractivity contribution in [1.82, 2.24) is 9.78 Å². The third kappa shape index (κ3) is 3.01. The first-order valence-corrected chi connectivity index (χ1v) is 9.08. The predicted octanol–water partition coefficient (Wildman–Crippen LogP) is 3.64. The van der Waals surface area contributed by atoms with Gasteiger partial charge in [0.15, 0.2) is 0 Å². The molecule has 0 radical (unpaired) electrons. The number of amides is 1. The lowest BCUT2D eigenvalue weighted by atomic mass is 10.1. The van der Waals surface area contributed by atoms with Gasteiger partial charge in [-0.05, 0) is 19.4 Å². The Kier molecular flexibility index (Phi) is 4.51. The fourth-order valence-corrected chi connectivity index (χ4v) is 3.61. The molecule has 6 heteroatoms. The van der Waals surface area contributed by atoms with Crippen molar-refractivity contribution in [3.63, 3.8) is 0 Å². The van der Waals surface area contributed by atoms with Crippen LogP contribution in [0, 0.1) is 6.92 Å². The van der Waals surface area contributed by atoms with Gasteiger partial charge in [0.05, 0.1) is 36.6 Å². The molecule has 1 amide bonds. The van der Waals surface area contributed by atoms with Crippen molar-refractivity contribution in [2.75, 3.05) is 18.5 Å². The Labute approximate surface area is 152 Å². The van der Waals surface area contributed by atoms with Crippen LogP contribution in [0.15, 0.2) is 34.9 Å². The fraction of sp³-hybridized carbons (Fsp3) is 0.400. The number of ether oxygens (including phenoxy) is 1. The van der Waals surface area contributed by atoms with Gasteiger partial charge in [0, 0.05) is 24.0 Å². The molecule has 0 aliphatic carbocycles. The van der Waals surface area contributed by atoms with Crippen LogP contribution >= 0.6 is 0 Å². The number of aromatic nitrogens is 2. The number of hydrogen-bond acceptors (Lipinski definition) is 4. The van der Waals surface area contributed by atoms with Gasteiger partial charge in [-0.25, -0.2) is 0 Å². The number of aryl methyl sites for hydroxylation is 1. The van der Waals surface area contributed by atoms with Gasteiger partial charge < -0.3 is 14.5 Å². The molecule has 136 valence electrons. The smallest absolute Gasteiger partial charge is 0.229 e. The first-order chi connectivity index (χ1) is 12.7. The number of carbonyl (C=O) groups excluding carboxylic acids is 1. The molecular formula is C20H23N3O3. The first kappa shape index (κ1) is 16.8. The van der Waals surface area contributed by atoms with Crippen molar-refractivity contribution in [2.45, 2.75) is 39.2 Å². The molecule has 0 saturated carbocycles. The summed E-state index contributed by atoms with van der Waals surface area (Å²) >= 11 is 0. The maximum Gasteiger partial charge on any atom is 0.229 e. The van der Waals surface area contributed by atoms with E-state index in [1.807, 2.05) is 42.8 Å². The number of anilines is 1. The average molecular weight is 353 g/mol. The van der Waals surface area contributed by atoms with Crippen LogP contribution in [0.2, 0.25) is 0 Å². The standard InChI is InChI=1S/C20H23N3O3/c1-3-18-16(15-6-4-5-7-19(15)26-18)10-20(24)22-17-11-21-23(13(17)2)14-8-9-25-12-14/h4-7,11,14H,3,8-10,12H2,1-2H3,(H,22,24). The Balaban J connectivity index is 1.53. The molecule has 0 spiro atoms. The largest absolute Gasteiger partial charge is 0.461 e. The van der Waals surface area contributed by atoms with Gasteiger partial charge in [-0.1, -0.05) is 25.1 Å². The van der Waals surface area contributed by atoms with Crippen molar-refractivity contribution in [1.29, 1.82) is 0 Å². The van der Waals surface area contributed by atoms with Gasteiger partial charge in [0.25, 0.3) is 0 Å². The molecule has 1 N–H and O–H groups in total. The Morgan fingerprint density at radius 1 is 1.38 bits per heavy atom. The Morgan fingerprint density at radius 3 is 3.00 bits per heavy atom. The van der Waals surface area contributed by atoms with E-state index in [1.165, 1.54) is 0 Å². The molecule has 26 heavy (non-hydrogen) atoms. The third-order valence-electron chi connectivity index (χ3n) is 5.01. The SMILES string of the molecule is CCc1oc2ccccc2c1CC(=O)Nc1cnn(C2CCOC2)c1C. The quantitative estimate of drug-likeness (QED) is 0.760. The molecule has 4 rings (SSSR count). The second-order valence-corrected chi connectivity index (χ2v) is 6.68. The molecule has 1 aromatic carbocycles. The van der Waals surface area contributed by atoms with Crippen LogP contribution in [0.3, 0.4) is 0 Å². The van der Waals surface area contributed by atoms with Gasteiger partial charge in [-0.3, -0.25) is 9.48 Å². The third-order valence-corrected chi connectivity index (χ3v) is 5.01. The van der Waals surface area contributed by atoms with Gasteiger partial charge in [-0.2, -0.15) is 5.10 Å². The van der Waals surface area contributed by atoms with Crippen molar-refractivity contribution >= 4 is 22.6 Å². The van der Waals surface area contributed by atoms with E-state index in [0.29, 0.717) is 6.61 Å². The number of rotatable bonds is 5. The average Bonchev–Trinajstić information content (AvgIpc) is 3.36. The van der Waals surface area contributed by atoms with E-state index in [-0.39, 0.29) is 18.4 Å². The topological polar surface area (TPSA) is 69.3 Å². The molecule has 0 bridgehead atoms. The summed E-state index contributed by atoms with van der Waals surface area (Å²) in [4.78, 5) is 12.7. The van der Waals surface area contributed by atoms with Gasteiger partial charge in [-0.15, -0.1) is 0 Å². The van der Waals surface area contributed by atoms with E-state index in [0.717, 1.165) is 53.1 Å².